The maximum absolute atomic E-state index is 10.0. The van der Waals surface area contributed by atoms with E-state index < -0.39 is 6.10 Å². The van der Waals surface area contributed by atoms with Crippen LogP contribution in [0, 0.1) is 5.41 Å². The van der Waals surface area contributed by atoms with Gasteiger partial charge in [-0.3, -0.25) is 0 Å². The Kier molecular flexibility index (Phi) is 5.93. The summed E-state index contributed by atoms with van der Waals surface area (Å²) in [5, 5.41) is 28.8. The van der Waals surface area contributed by atoms with Crippen LogP contribution in [0.25, 0.3) is 0 Å². The Balaban J connectivity index is 0.00000289. The van der Waals surface area contributed by atoms with Gasteiger partial charge in [-0.2, -0.15) is 0 Å². The van der Waals surface area contributed by atoms with Crippen LogP contribution in [-0.4, -0.2) is 21.4 Å². The predicted molar refractivity (Wildman–Crippen MR) is 74.0 cm³/mol. The van der Waals surface area contributed by atoms with Crippen molar-refractivity contribution in [2.75, 3.05) is 0 Å². The van der Waals surface area contributed by atoms with Gasteiger partial charge in [-0.1, -0.05) is 20.8 Å². The van der Waals surface area contributed by atoms with Crippen LogP contribution in [0.1, 0.15) is 38.9 Å². The van der Waals surface area contributed by atoms with Crippen molar-refractivity contribution in [3.8, 4) is 11.5 Å². The van der Waals surface area contributed by atoms with Gasteiger partial charge in [-0.05, 0) is 24.0 Å². The lowest BCUT2D eigenvalue weighted by Gasteiger charge is -2.29. The Morgan fingerprint density at radius 2 is 1.78 bits per heavy atom. The molecule has 0 aliphatic rings. The highest BCUT2D eigenvalue weighted by Crippen LogP contribution is 2.32. The first kappa shape index (κ1) is 17.0. The summed E-state index contributed by atoms with van der Waals surface area (Å²) in [6, 6.07) is 3.97. The van der Waals surface area contributed by atoms with Gasteiger partial charge in [0, 0.05) is 17.7 Å². The number of benzene rings is 1. The maximum Gasteiger partial charge on any atom is 0.125 e. The molecular formula is C13H22ClNO3. The van der Waals surface area contributed by atoms with E-state index in [9.17, 15) is 10.2 Å². The van der Waals surface area contributed by atoms with E-state index in [1.54, 1.807) is 0 Å². The topological polar surface area (TPSA) is 86.7 Å². The van der Waals surface area contributed by atoms with Crippen LogP contribution in [0.15, 0.2) is 18.2 Å². The van der Waals surface area contributed by atoms with Crippen molar-refractivity contribution in [3.05, 3.63) is 23.8 Å². The van der Waals surface area contributed by atoms with Crippen LogP contribution in [0.5, 0.6) is 11.5 Å². The summed E-state index contributed by atoms with van der Waals surface area (Å²) in [5.41, 5.74) is 6.27. The first-order chi connectivity index (χ1) is 7.71. The molecule has 0 aliphatic carbocycles. The maximum atomic E-state index is 10.0. The molecule has 0 saturated carbocycles. The second-order valence-electron chi connectivity index (χ2n) is 5.47. The zero-order chi connectivity index (χ0) is 13.2. The summed E-state index contributed by atoms with van der Waals surface area (Å²) in [6.07, 6.45) is -0.466. The predicted octanol–water partition coefficient (Wildman–Crippen LogP) is 2.32. The number of aliphatic hydroxyl groups is 1. The van der Waals surface area contributed by atoms with Gasteiger partial charge < -0.3 is 21.1 Å². The van der Waals surface area contributed by atoms with Gasteiger partial charge in [-0.15, -0.1) is 12.4 Å². The molecule has 0 saturated heterocycles. The zero-order valence-corrected chi connectivity index (χ0v) is 11.7. The first-order valence-corrected chi connectivity index (χ1v) is 5.67. The molecule has 0 amide bonds. The number of phenols is 2. The minimum absolute atomic E-state index is 0. The van der Waals surface area contributed by atoms with E-state index in [-0.39, 0.29) is 35.4 Å². The minimum Gasteiger partial charge on any atom is -0.508 e. The summed E-state index contributed by atoms with van der Waals surface area (Å²) in [6.45, 7) is 6.00. The molecule has 0 unspecified atom stereocenters. The van der Waals surface area contributed by atoms with Gasteiger partial charge in [0.05, 0.1) is 6.10 Å². The molecule has 0 bridgehead atoms. The van der Waals surface area contributed by atoms with Crippen LogP contribution in [-0.2, 0) is 0 Å². The minimum atomic E-state index is -0.829. The van der Waals surface area contributed by atoms with Crippen molar-refractivity contribution in [1.82, 2.24) is 0 Å². The number of halogens is 1. The van der Waals surface area contributed by atoms with Crippen molar-refractivity contribution in [2.24, 2.45) is 11.1 Å². The van der Waals surface area contributed by atoms with Gasteiger partial charge in [0.15, 0.2) is 0 Å². The average molecular weight is 276 g/mol. The first-order valence-electron chi connectivity index (χ1n) is 5.67. The lowest BCUT2D eigenvalue weighted by atomic mass is 9.83. The number of aromatic hydroxyl groups is 2. The van der Waals surface area contributed by atoms with E-state index in [2.05, 4.69) is 0 Å². The highest BCUT2D eigenvalue weighted by Gasteiger charge is 2.25. The molecule has 0 fully saturated rings. The monoisotopic (exact) mass is 275 g/mol. The Morgan fingerprint density at radius 3 is 2.22 bits per heavy atom. The van der Waals surface area contributed by atoms with Gasteiger partial charge in [0.2, 0.25) is 0 Å². The molecule has 2 atom stereocenters. The van der Waals surface area contributed by atoms with Crippen LogP contribution in [0.4, 0.5) is 0 Å². The summed E-state index contributed by atoms with van der Waals surface area (Å²) in [7, 11) is 0. The van der Waals surface area contributed by atoms with Crippen molar-refractivity contribution >= 4 is 12.4 Å². The molecule has 1 rings (SSSR count). The quantitative estimate of drug-likeness (QED) is 0.682. The zero-order valence-electron chi connectivity index (χ0n) is 10.9. The van der Waals surface area contributed by atoms with Gasteiger partial charge in [0.25, 0.3) is 0 Å². The molecule has 0 radical (unpaired) electrons. The lowest BCUT2D eigenvalue weighted by Crippen LogP contribution is -2.36. The molecule has 0 heterocycles. The number of aliphatic hydroxyl groups excluding tert-OH is 1. The summed E-state index contributed by atoms with van der Waals surface area (Å²) in [5.74, 6) is -0.142. The standard InChI is InChI=1S/C13H21NO3.ClH/c1-13(2,3)12(14)7-11(17)9-5-4-8(15)6-10(9)16;/h4-6,11-12,15-17H,7,14H2,1-3H3;1H/t11-,12-;/m1./s1. The Labute approximate surface area is 114 Å². The molecule has 0 aliphatic heterocycles. The highest BCUT2D eigenvalue weighted by molar-refractivity contribution is 5.85. The van der Waals surface area contributed by atoms with Crippen molar-refractivity contribution in [2.45, 2.75) is 39.3 Å². The molecule has 5 N–H and O–H groups in total. The number of hydrogen-bond donors (Lipinski definition) is 4. The van der Waals surface area contributed by atoms with Crippen LogP contribution in [0.2, 0.25) is 0 Å². The molecule has 1 aromatic carbocycles. The van der Waals surface area contributed by atoms with Gasteiger partial charge in [-0.25, -0.2) is 0 Å². The molecule has 4 nitrogen and oxygen atoms in total. The van der Waals surface area contributed by atoms with E-state index in [1.807, 2.05) is 20.8 Å². The fraction of sp³-hybridized carbons (Fsp3) is 0.538. The third-order valence-electron chi connectivity index (χ3n) is 2.96. The molecular weight excluding hydrogens is 254 g/mol. The summed E-state index contributed by atoms with van der Waals surface area (Å²) < 4.78 is 0. The van der Waals surface area contributed by atoms with Gasteiger partial charge in [0.1, 0.15) is 11.5 Å². The largest absolute Gasteiger partial charge is 0.508 e. The number of phenolic OH excluding ortho intramolecular Hbond substituents is 2. The van der Waals surface area contributed by atoms with E-state index in [4.69, 9.17) is 10.8 Å². The summed E-state index contributed by atoms with van der Waals surface area (Å²) in [4.78, 5) is 0. The summed E-state index contributed by atoms with van der Waals surface area (Å²) >= 11 is 0. The van der Waals surface area contributed by atoms with Crippen LogP contribution in [0.3, 0.4) is 0 Å². The highest BCUT2D eigenvalue weighted by atomic mass is 35.5. The Bertz CT molecular complexity index is 390. The number of hydrogen-bond acceptors (Lipinski definition) is 4. The lowest BCUT2D eigenvalue weighted by molar-refractivity contribution is 0.130. The number of nitrogens with two attached hydrogens (primary N) is 1. The Morgan fingerprint density at radius 1 is 1.22 bits per heavy atom. The molecule has 18 heavy (non-hydrogen) atoms. The molecule has 0 spiro atoms. The molecule has 104 valence electrons. The third kappa shape index (κ3) is 4.37. The second kappa shape index (κ2) is 6.27. The van der Waals surface area contributed by atoms with Gasteiger partial charge >= 0.3 is 0 Å². The molecule has 1 aromatic rings. The number of rotatable bonds is 3. The van der Waals surface area contributed by atoms with E-state index in [0.29, 0.717) is 12.0 Å². The normalized spacial score (nSPS) is 14.7. The van der Waals surface area contributed by atoms with Crippen LogP contribution >= 0.6 is 12.4 Å². The van der Waals surface area contributed by atoms with Crippen molar-refractivity contribution in [3.63, 3.8) is 0 Å². The molecule has 5 heteroatoms. The van der Waals surface area contributed by atoms with E-state index >= 15 is 0 Å². The van der Waals surface area contributed by atoms with Crippen molar-refractivity contribution in [1.29, 1.82) is 0 Å². The Hall–Kier alpha value is -0.970. The third-order valence-corrected chi connectivity index (χ3v) is 2.96. The van der Waals surface area contributed by atoms with E-state index in [1.165, 1.54) is 18.2 Å². The second-order valence-corrected chi connectivity index (χ2v) is 5.47. The SMILES string of the molecule is CC(C)(C)[C@H](N)C[C@@H](O)c1ccc(O)cc1O.Cl. The smallest absolute Gasteiger partial charge is 0.125 e. The fourth-order valence-electron chi connectivity index (χ4n) is 1.53. The average Bonchev–Trinajstić information content (AvgIpc) is 2.15. The van der Waals surface area contributed by atoms with Crippen LogP contribution < -0.4 is 5.73 Å². The fourth-order valence-corrected chi connectivity index (χ4v) is 1.53. The van der Waals surface area contributed by atoms with Crippen molar-refractivity contribution < 1.29 is 15.3 Å². The molecule has 0 aromatic heterocycles. The van der Waals surface area contributed by atoms with E-state index in [0.717, 1.165) is 0 Å².